The summed E-state index contributed by atoms with van der Waals surface area (Å²) in [6.45, 7) is 10.6. The van der Waals surface area contributed by atoms with E-state index in [-0.39, 0.29) is 0 Å². The molecule has 2 heteroatoms. The summed E-state index contributed by atoms with van der Waals surface area (Å²) in [7, 11) is 0. The summed E-state index contributed by atoms with van der Waals surface area (Å²) < 4.78 is 0. The largest absolute Gasteiger partial charge is 0.249 e. The van der Waals surface area contributed by atoms with Crippen LogP contribution in [-0.2, 0) is 0 Å². The molecular weight excluding hydrogens is 238 g/mol. The highest BCUT2D eigenvalue weighted by Crippen LogP contribution is 2.29. The summed E-state index contributed by atoms with van der Waals surface area (Å²) in [4.78, 5) is 5.57. The van der Waals surface area contributed by atoms with Gasteiger partial charge in [-0.15, -0.1) is 11.3 Å². The third-order valence-electron chi connectivity index (χ3n) is 2.97. The Bertz CT molecular complexity index is 473. The summed E-state index contributed by atoms with van der Waals surface area (Å²) in [5.41, 5.74) is 2.72. The van der Waals surface area contributed by atoms with E-state index in [0.29, 0.717) is 5.92 Å². The summed E-state index contributed by atoms with van der Waals surface area (Å²) in [6, 6.07) is 8.82. The van der Waals surface area contributed by atoms with E-state index in [1.807, 2.05) is 27.0 Å². The molecule has 0 radical (unpaired) electrons. The lowest BCUT2D eigenvalue weighted by molar-refractivity contribution is 0.734. The minimum atomic E-state index is 0.633. The van der Waals surface area contributed by atoms with Crippen LogP contribution >= 0.6 is 11.3 Å². The smallest absolute Gasteiger partial charge is 0.0900 e. The van der Waals surface area contributed by atoms with Gasteiger partial charge in [0.15, 0.2) is 0 Å². The summed E-state index contributed by atoms with van der Waals surface area (Å²) in [5.74, 6) is 0.633. The SMILES string of the molecule is CC.CCC(C)c1cccc(-c2cnc(C)s2)c1. The van der Waals surface area contributed by atoms with Crippen molar-refractivity contribution in [3.8, 4) is 10.4 Å². The molecule has 1 heterocycles. The Morgan fingerprint density at radius 3 is 2.56 bits per heavy atom. The average molecular weight is 261 g/mol. The molecule has 0 saturated carbocycles. The zero-order valence-electron chi connectivity index (χ0n) is 12.0. The monoisotopic (exact) mass is 261 g/mol. The standard InChI is InChI=1S/C14H17NS.C2H6/c1-4-10(2)12-6-5-7-13(8-12)14-9-15-11(3)16-14;1-2/h5-10H,4H2,1-3H3;1-2H3. The number of rotatable bonds is 3. The van der Waals surface area contributed by atoms with Crippen molar-refractivity contribution in [2.45, 2.75) is 47.0 Å². The van der Waals surface area contributed by atoms with Crippen molar-refractivity contribution in [3.05, 3.63) is 41.0 Å². The number of thiazole rings is 1. The number of nitrogens with zero attached hydrogens (tertiary/aromatic N) is 1. The Kier molecular flexibility index (Phi) is 6.06. The maximum absolute atomic E-state index is 4.31. The molecule has 0 aliphatic carbocycles. The highest BCUT2D eigenvalue weighted by atomic mass is 32.1. The second-order valence-corrected chi connectivity index (χ2v) is 5.41. The van der Waals surface area contributed by atoms with Crippen LogP contribution in [0.4, 0.5) is 0 Å². The summed E-state index contributed by atoms with van der Waals surface area (Å²) >= 11 is 1.76. The van der Waals surface area contributed by atoms with Crippen molar-refractivity contribution < 1.29 is 0 Å². The predicted octanol–water partition coefficient (Wildman–Crippen LogP) is 5.66. The number of aromatic nitrogens is 1. The van der Waals surface area contributed by atoms with Crippen molar-refractivity contribution in [1.29, 1.82) is 0 Å². The van der Waals surface area contributed by atoms with Crippen LogP contribution in [0.15, 0.2) is 30.5 Å². The molecule has 0 aliphatic rings. The fourth-order valence-corrected chi connectivity index (χ4v) is 2.50. The van der Waals surface area contributed by atoms with Crippen LogP contribution in [0.1, 0.15) is 50.6 Å². The molecule has 0 bridgehead atoms. The quantitative estimate of drug-likeness (QED) is 0.695. The van der Waals surface area contributed by atoms with Crippen LogP contribution in [0.25, 0.3) is 10.4 Å². The zero-order valence-corrected chi connectivity index (χ0v) is 12.8. The van der Waals surface area contributed by atoms with E-state index in [1.54, 1.807) is 11.3 Å². The van der Waals surface area contributed by atoms with Crippen LogP contribution in [0.5, 0.6) is 0 Å². The van der Waals surface area contributed by atoms with Crippen LogP contribution in [0.3, 0.4) is 0 Å². The molecule has 98 valence electrons. The second kappa shape index (κ2) is 7.32. The third-order valence-corrected chi connectivity index (χ3v) is 3.94. The molecule has 1 unspecified atom stereocenters. The topological polar surface area (TPSA) is 12.9 Å². The van der Waals surface area contributed by atoms with Crippen molar-refractivity contribution in [3.63, 3.8) is 0 Å². The van der Waals surface area contributed by atoms with Gasteiger partial charge in [-0.1, -0.05) is 52.0 Å². The van der Waals surface area contributed by atoms with Gasteiger partial charge in [0.05, 0.1) is 9.88 Å². The van der Waals surface area contributed by atoms with Crippen LogP contribution in [0, 0.1) is 6.92 Å². The molecule has 0 amide bonds. The molecule has 1 aromatic carbocycles. The van der Waals surface area contributed by atoms with Gasteiger partial charge in [-0.25, -0.2) is 4.98 Å². The Morgan fingerprint density at radius 1 is 1.28 bits per heavy atom. The van der Waals surface area contributed by atoms with Gasteiger partial charge < -0.3 is 0 Å². The molecule has 0 saturated heterocycles. The van der Waals surface area contributed by atoms with E-state index in [0.717, 1.165) is 5.01 Å². The highest BCUT2D eigenvalue weighted by molar-refractivity contribution is 7.15. The Hall–Kier alpha value is -1.15. The minimum absolute atomic E-state index is 0.633. The van der Waals surface area contributed by atoms with Gasteiger partial charge in [-0.3, -0.25) is 0 Å². The lowest BCUT2D eigenvalue weighted by atomic mass is 9.97. The van der Waals surface area contributed by atoms with Gasteiger partial charge in [0, 0.05) is 6.20 Å². The number of hydrogen-bond acceptors (Lipinski definition) is 2. The van der Waals surface area contributed by atoms with E-state index in [2.05, 4.69) is 43.1 Å². The first-order chi connectivity index (χ1) is 8.70. The van der Waals surface area contributed by atoms with E-state index in [1.165, 1.54) is 22.4 Å². The van der Waals surface area contributed by atoms with Crippen molar-refractivity contribution in [1.82, 2.24) is 4.98 Å². The predicted molar refractivity (Wildman–Crippen MR) is 82.3 cm³/mol. The lowest BCUT2D eigenvalue weighted by Gasteiger charge is -2.09. The van der Waals surface area contributed by atoms with E-state index in [9.17, 15) is 0 Å². The van der Waals surface area contributed by atoms with Gasteiger partial charge in [-0.05, 0) is 30.4 Å². The Balaban J connectivity index is 0.000000771. The first-order valence-corrected chi connectivity index (χ1v) is 7.55. The van der Waals surface area contributed by atoms with Gasteiger partial charge in [-0.2, -0.15) is 0 Å². The van der Waals surface area contributed by atoms with Gasteiger partial charge in [0.1, 0.15) is 0 Å². The van der Waals surface area contributed by atoms with E-state index >= 15 is 0 Å². The van der Waals surface area contributed by atoms with Crippen molar-refractivity contribution in [2.75, 3.05) is 0 Å². The molecule has 2 rings (SSSR count). The maximum Gasteiger partial charge on any atom is 0.0900 e. The van der Waals surface area contributed by atoms with Crippen molar-refractivity contribution in [2.24, 2.45) is 0 Å². The fourth-order valence-electron chi connectivity index (χ4n) is 1.73. The van der Waals surface area contributed by atoms with Crippen LogP contribution in [-0.4, -0.2) is 4.98 Å². The van der Waals surface area contributed by atoms with E-state index in [4.69, 9.17) is 0 Å². The van der Waals surface area contributed by atoms with Crippen LogP contribution < -0.4 is 0 Å². The van der Waals surface area contributed by atoms with Crippen LogP contribution in [0.2, 0.25) is 0 Å². The fraction of sp³-hybridized carbons (Fsp3) is 0.438. The highest BCUT2D eigenvalue weighted by Gasteiger charge is 2.06. The first kappa shape index (κ1) is 14.9. The molecule has 0 N–H and O–H groups in total. The molecule has 0 spiro atoms. The first-order valence-electron chi connectivity index (χ1n) is 6.73. The Labute approximate surface area is 115 Å². The zero-order chi connectivity index (χ0) is 13.5. The van der Waals surface area contributed by atoms with Gasteiger partial charge in [0.2, 0.25) is 0 Å². The maximum atomic E-state index is 4.31. The average Bonchev–Trinajstić information content (AvgIpc) is 2.87. The molecule has 0 aliphatic heterocycles. The number of aryl methyl sites for hydroxylation is 1. The minimum Gasteiger partial charge on any atom is -0.249 e. The summed E-state index contributed by atoms with van der Waals surface area (Å²) in [6.07, 6.45) is 3.15. The normalized spacial score (nSPS) is 11.6. The number of benzene rings is 1. The van der Waals surface area contributed by atoms with Gasteiger partial charge in [0.25, 0.3) is 0 Å². The molecular formula is C16H23NS. The second-order valence-electron chi connectivity index (χ2n) is 4.18. The molecule has 0 fully saturated rings. The van der Waals surface area contributed by atoms with E-state index < -0.39 is 0 Å². The molecule has 18 heavy (non-hydrogen) atoms. The lowest BCUT2D eigenvalue weighted by Crippen LogP contribution is -1.90. The molecule has 1 aromatic heterocycles. The summed E-state index contributed by atoms with van der Waals surface area (Å²) in [5, 5.41) is 1.13. The third kappa shape index (κ3) is 3.67. The molecule has 2 aromatic rings. The molecule has 1 nitrogen and oxygen atoms in total. The number of hydrogen-bond donors (Lipinski definition) is 0. The Morgan fingerprint density at radius 2 is 2.00 bits per heavy atom. The van der Waals surface area contributed by atoms with Gasteiger partial charge >= 0.3 is 0 Å². The van der Waals surface area contributed by atoms with Crippen molar-refractivity contribution >= 4 is 11.3 Å². The molecule has 1 atom stereocenters.